The van der Waals surface area contributed by atoms with Crippen molar-refractivity contribution >= 4 is 6.98 Å². The van der Waals surface area contributed by atoms with Crippen molar-refractivity contribution in [1.29, 1.82) is 0 Å². The average Bonchev–Trinajstić information content (AvgIpc) is 2.14. The summed E-state index contributed by atoms with van der Waals surface area (Å²) in [6.45, 7) is -4.73. The monoisotopic (exact) mass is 204 g/mol. The van der Waals surface area contributed by atoms with Crippen LogP contribution in [0.15, 0.2) is 18.5 Å². The highest BCUT2D eigenvalue weighted by Crippen LogP contribution is 2.23. The molecule has 6 heteroatoms. The molecule has 0 unspecified atom stereocenters. The summed E-state index contributed by atoms with van der Waals surface area (Å²) < 4.78 is 40.8. The fraction of sp³-hybridized carbons (Fsp3) is 0.375. The van der Waals surface area contributed by atoms with E-state index >= 15 is 0 Å². The molecule has 0 aliphatic carbocycles. The summed E-state index contributed by atoms with van der Waals surface area (Å²) in [4.78, 5) is 3.76. The number of rotatable bonds is 4. The molecule has 0 radical (unpaired) electrons. The first-order chi connectivity index (χ1) is 6.53. The number of hydrogen-bond donors (Lipinski definition) is 0. The topological polar surface area (TPSA) is 22.1 Å². The quantitative estimate of drug-likeness (QED) is 0.702. The predicted molar refractivity (Wildman–Crippen MR) is 48.4 cm³/mol. The Morgan fingerprint density at radius 2 is 2.14 bits per heavy atom. The minimum atomic E-state index is -4.73. The van der Waals surface area contributed by atoms with Crippen LogP contribution >= 0.6 is 0 Å². The Bertz CT molecular complexity index is 303. The second kappa shape index (κ2) is 4.35. The van der Waals surface area contributed by atoms with Crippen molar-refractivity contribution in [3.05, 3.63) is 24.0 Å². The molecule has 0 fully saturated rings. The van der Waals surface area contributed by atoms with Crippen LogP contribution in [0.2, 0.25) is 6.32 Å². The summed E-state index contributed by atoms with van der Waals surface area (Å²) in [5.41, 5.74) is 0.543. The van der Waals surface area contributed by atoms with E-state index in [2.05, 4.69) is 4.98 Å². The van der Waals surface area contributed by atoms with E-state index in [4.69, 9.17) is 4.74 Å². The van der Waals surface area contributed by atoms with Gasteiger partial charge in [-0.25, -0.2) is 0 Å². The normalized spacial score (nSPS) is 11.4. The van der Waals surface area contributed by atoms with Crippen molar-refractivity contribution in [1.82, 2.24) is 4.98 Å². The van der Waals surface area contributed by atoms with Crippen molar-refractivity contribution < 1.29 is 17.7 Å². The van der Waals surface area contributed by atoms with Crippen molar-refractivity contribution in [2.45, 2.75) is 12.7 Å². The largest absolute Gasteiger partial charge is 0.495 e. The number of hydrogen-bond acceptors (Lipinski definition) is 2. The van der Waals surface area contributed by atoms with E-state index in [0.717, 1.165) is 0 Å². The molecule has 0 aromatic carbocycles. The molecule has 0 aliphatic heterocycles. The van der Waals surface area contributed by atoms with Crippen LogP contribution in [0.1, 0.15) is 5.56 Å². The number of methoxy groups -OCH3 is 1. The number of aryl methyl sites for hydroxylation is 1. The lowest BCUT2D eigenvalue weighted by atomic mass is 9.82. The van der Waals surface area contributed by atoms with Crippen LogP contribution in [0.4, 0.5) is 12.9 Å². The summed E-state index contributed by atoms with van der Waals surface area (Å²) in [6.07, 6.45) is 2.05. The lowest BCUT2D eigenvalue weighted by molar-refractivity contribution is 0.407. The molecular formula is C8H10BF3NO-. The highest BCUT2D eigenvalue weighted by atomic mass is 19.4. The molecule has 0 N–H and O–H groups in total. The minimum Gasteiger partial charge on any atom is -0.495 e. The predicted octanol–water partition coefficient (Wildman–Crippen LogP) is 2.48. The Hall–Kier alpha value is -1.20. The first-order valence-corrected chi connectivity index (χ1v) is 4.21. The summed E-state index contributed by atoms with van der Waals surface area (Å²) >= 11 is 0. The second-order valence-electron chi connectivity index (χ2n) is 2.94. The van der Waals surface area contributed by atoms with Gasteiger partial charge in [-0.05, 0) is 18.1 Å². The molecule has 1 rings (SSSR count). The Morgan fingerprint density at radius 1 is 1.43 bits per heavy atom. The zero-order valence-electron chi connectivity index (χ0n) is 7.71. The highest BCUT2D eigenvalue weighted by molar-refractivity contribution is 6.58. The van der Waals surface area contributed by atoms with E-state index < -0.39 is 13.3 Å². The van der Waals surface area contributed by atoms with Crippen molar-refractivity contribution in [3.8, 4) is 5.75 Å². The van der Waals surface area contributed by atoms with Crippen molar-refractivity contribution in [2.24, 2.45) is 0 Å². The third-order valence-electron chi connectivity index (χ3n) is 1.83. The fourth-order valence-corrected chi connectivity index (χ4v) is 1.12. The van der Waals surface area contributed by atoms with E-state index in [1.165, 1.54) is 19.5 Å². The molecule has 0 saturated carbocycles. The van der Waals surface area contributed by atoms with E-state index in [9.17, 15) is 12.9 Å². The molecule has 0 amide bonds. The number of ether oxygens (including phenoxy) is 1. The van der Waals surface area contributed by atoms with Gasteiger partial charge in [0.1, 0.15) is 5.75 Å². The van der Waals surface area contributed by atoms with Gasteiger partial charge in [-0.2, -0.15) is 0 Å². The van der Waals surface area contributed by atoms with Gasteiger partial charge in [0.15, 0.2) is 0 Å². The lowest BCUT2D eigenvalue weighted by Crippen LogP contribution is -2.15. The van der Waals surface area contributed by atoms with Gasteiger partial charge in [-0.15, -0.1) is 0 Å². The van der Waals surface area contributed by atoms with E-state index in [1.807, 2.05) is 0 Å². The maximum atomic E-state index is 12.0. The SMILES string of the molecule is COc1cnccc1CC[B-](F)(F)F. The Morgan fingerprint density at radius 3 is 2.71 bits per heavy atom. The summed E-state index contributed by atoms with van der Waals surface area (Å²) in [7, 11) is 1.42. The first-order valence-electron chi connectivity index (χ1n) is 4.21. The molecule has 1 heterocycles. The van der Waals surface area contributed by atoms with Crippen LogP contribution in [0.5, 0.6) is 5.75 Å². The third kappa shape index (κ3) is 3.28. The maximum Gasteiger partial charge on any atom is 0.478 e. The number of pyridine rings is 1. The lowest BCUT2D eigenvalue weighted by Gasteiger charge is -2.14. The van der Waals surface area contributed by atoms with Gasteiger partial charge in [0.05, 0.1) is 13.3 Å². The third-order valence-corrected chi connectivity index (χ3v) is 1.83. The molecule has 1 aromatic rings. The number of nitrogens with zero attached hydrogens (tertiary/aromatic N) is 1. The molecule has 1 aromatic heterocycles. The average molecular weight is 204 g/mol. The van der Waals surface area contributed by atoms with Gasteiger partial charge in [0.25, 0.3) is 0 Å². The number of aromatic nitrogens is 1. The smallest absolute Gasteiger partial charge is 0.478 e. The standard InChI is InChI=1S/C8H10BF3NO/c1-14-8-6-13-5-3-7(8)2-4-9(10,11)12/h3,5-6H,2,4H2,1H3/q-1. The zero-order valence-corrected chi connectivity index (χ0v) is 7.71. The van der Waals surface area contributed by atoms with Crippen molar-refractivity contribution in [2.75, 3.05) is 7.11 Å². The summed E-state index contributed by atoms with van der Waals surface area (Å²) in [5, 5.41) is 0. The molecule has 0 saturated heterocycles. The van der Waals surface area contributed by atoms with Gasteiger partial charge in [-0.3, -0.25) is 4.98 Å². The Kier molecular flexibility index (Phi) is 3.38. The fourth-order valence-electron chi connectivity index (χ4n) is 1.12. The Balaban J connectivity index is 2.67. The highest BCUT2D eigenvalue weighted by Gasteiger charge is 2.22. The van der Waals surface area contributed by atoms with E-state index in [1.54, 1.807) is 6.07 Å². The van der Waals surface area contributed by atoms with Crippen LogP contribution in [0, 0.1) is 0 Å². The van der Waals surface area contributed by atoms with Gasteiger partial charge < -0.3 is 17.7 Å². The molecule has 78 valence electrons. The van der Waals surface area contributed by atoms with Gasteiger partial charge in [0, 0.05) is 6.20 Å². The van der Waals surface area contributed by atoms with E-state index in [0.29, 0.717) is 11.3 Å². The zero-order chi connectivity index (χ0) is 10.6. The van der Waals surface area contributed by atoms with Crippen LogP contribution in [-0.2, 0) is 6.42 Å². The van der Waals surface area contributed by atoms with Crippen LogP contribution in [0.3, 0.4) is 0 Å². The second-order valence-corrected chi connectivity index (χ2v) is 2.94. The number of halogens is 3. The molecule has 0 aliphatic rings. The molecule has 0 bridgehead atoms. The maximum absolute atomic E-state index is 12.0. The van der Waals surface area contributed by atoms with Gasteiger partial charge in [0.2, 0.25) is 0 Å². The van der Waals surface area contributed by atoms with Crippen molar-refractivity contribution in [3.63, 3.8) is 0 Å². The van der Waals surface area contributed by atoms with Crippen LogP contribution < -0.4 is 4.74 Å². The first kappa shape index (κ1) is 10.9. The molecular weight excluding hydrogens is 194 g/mol. The molecule has 0 spiro atoms. The van der Waals surface area contributed by atoms with Gasteiger partial charge in [-0.1, -0.05) is 6.32 Å². The van der Waals surface area contributed by atoms with Crippen LogP contribution in [0.25, 0.3) is 0 Å². The Labute approximate surface area is 80.2 Å². The van der Waals surface area contributed by atoms with Crippen LogP contribution in [-0.4, -0.2) is 19.1 Å². The summed E-state index contributed by atoms with van der Waals surface area (Å²) in [6, 6.07) is 1.54. The molecule has 14 heavy (non-hydrogen) atoms. The summed E-state index contributed by atoms with van der Waals surface area (Å²) in [5.74, 6) is 0.410. The van der Waals surface area contributed by atoms with Gasteiger partial charge >= 0.3 is 6.98 Å². The minimum absolute atomic E-state index is 0.0464. The molecule has 0 atom stereocenters. The van der Waals surface area contributed by atoms with E-state index in [-0.39, 0.29) is 6.42 Å². The molecule has 2 nitrogen and oxygen atoms in total.